The Morgan fingerprint density at radius 2 is 1.39 bits per heavy atom. The molecule has 0 atom stereocenters. The number of hydrogen-bond donors (Lipinski definition) is 3. The summed E-state index contributed by atoms with van der Waals surface area (Å²) in [5.41, 5.74) is 6.57. The number of oxazole rings is 1. The maximum atomic E-state index is 12.7. The van der Waals surface area contributed by atoms with Crippen molar-refractivity contribution < 1.29 is 18.8 Å². The molecule has 1 aromatic heterocycles. The van der Waals surface area contributed by atoms with Crippen LogP contribution in [0.4, 0.5) is 21.9 Å². The van der Waals surface area contributed by atoms with E-state index in [4.69, 9.17) is 4.42 Å². The number of aromatic nitrogens is 1. The number of anilines is 3. The summed E-state index contributed by atoms with van der Waals surface area (Å²) in [5.74, 6) is -0.725. The number of carbonyl (C=O) groups is 3. The van der Waals surface area contributed by atoms with E-state index in [0.29, 0.717) is 28.4 Å². The van der Waals surface area contributed by atoms with Gasteiger partial charge in [-0.15, -0.1) is 0 Å². The van der Waals surface area contributed by atoms with Crippen molar-refractivity contribution in [3.05, 3.63) is 95.0 Å². The maximum Gasteiger partial charge on any atom is 0.323 e. The third kappa shape index (κ3) is 5.50. The summed E-state index contributed by atoms with van der Waals surface area (Å²) in [6, 6.07) is 15.0. The van der Waals surface area contributed by atoms with Crippen molar-refractivity contribution in [2.75, 3.05) is 16.0 Å². The first-order valence-electron chi connectivity index (χ1n) is 11.3. The molecule has 3 N–H and O–H groups in total. The van der Waals surface area contributed by atoms with Gasteiger partial charge in [0.15, 0.2) is 12.2 Å². The van der Waals surface area contributed by atoms with Gasteiger partial charge < -0.3 is 20.4 Å². The van der Waals surface area contributed by atoms with Gasteiger partial charge in [-0.05, 0) is 98.5 Å². The summed E-state index contributed by atoms with van der Waals surface area (Å²) in [5, 5.41) is 8.12. The molecule has 0 saturated heterocycles. The molecule has 0 unspecified atom stereocenters. The molecule has 0 spiro atoms. The quantitative estimate of drug-likeness (QED) is 0.229. The van der Waals surface area contributed by atoms with Crippen molar-refractivity contribution in [1.29, 1.82) is 0 Å². The lowest BCUT2D eigenvalue weighted by molar-refractivity contribution is -0.112. The molecule has 3 amide bonds. The Balaban J connectivity index is 1.39. The topological polar surface area (TPSA) is 113 Å². The predicted molar refractivity (Wildman–Crippen MR) is 139 cm³/mol. The molecule has 4 aromatic rings. The van der Waals surface area contributed by atoms with E-state index < -0.39 is 17.7 Å². The van der Waals surface area contributed by atoms with Gasteiger partial charge in [0.25, 0.3) is 11.7 Å². The number of amides is 3. The molecule has 3 aromatic carbocycles. The lowest BCUT2D eigenvalue weighted by Crippen LogP contribution is -2.23. The minimum atomic E-state index is -0.749. The van der Waals surface area contributed by atoms with E-state index >= 15 is 0 Å². The number of nitrogens with one attached hydrogen (secondary N) is 3. The SMILES string of the molecule is Cc1cc(NC(=O)Nc2cccc(NC(=O)C(=O)c3cc(C)c(C)c(C)c3)c2)ccc1-c1cnco1. The first-order chi connectivity index (χ1) is 17.2. The second-order valence-corrected chi connectivity index (χ2v) is 8.57. The summed E-state index contributed by atoms with van der Waals surface area (Å²) in [6.45, 7) is 7.70. The number of urea groups is 1. The summed E-state index contributed by atoms with van der Waals surface area (Å²) in [7, 11) is 0. The Labute approximate surface area is 208 Å². The Morgan fingerprint density at radius 1 is 0.750 bits per heavy atom. The monoisotopic (exact) mass is 482 g/mol. The largest absolute Gasteiger partial charge is 0.444 e. The number of nitrogens with zero attached hydrogens (tertiary/aromatic N) is 1. The molecule has 8 nitrogen and oxygen atoms in total. The van der Waals surface area contributed by atoms with Gasteiger partial charge in [0.05, 0.1) is 6.20 Å². The van der Waals surface area contributed by atoms with E-state index in [0.717, 1.165) is 27.8 Å². The molecule has 0 saturated carbocycles. The van der Waals surface area contributed by atoms with Crippen molar-refractivity contribution in [2.45, 2.75) is 27.7 Å². The van der Waals surface area contributed by atoms with Crippen LogP contribution >= 0.6 is 0 Å². The summed E-state index contributed by atoms with van der Waals surface area (Å²) >= 11 is 0. The minimum Gasteiger partial charge on any atom is -0.444 e. The average Bonchev–Trinajstić information content (AvgIpc) is 3.36. The van der Waals surface area contributed by atoms with E-state index in [1.165, 1.54) is 6.39 Å². The zero-order valence-corrected chi connectivity index (χ0v) is 20.4. The molecule has 36 heavy (non-hydrogen) atoms. The molecular weight excluding hydrogens is 456 g/mol. The average molecular weight is 483 g/mol. The molecule has 0 fully saturated rings. The fourth-order valence-electron chi connectivity index (χ4n) is 3.82. The molecule has 0 aliphatic rings. The van der Waals surface area contributed by atoms with Crippen molar-refractivity contribution in [2.24, 2.45) is 0 Å². The predicted octanol–water partition coefficient (Wildman–Crippen LogP) is 6.04. The number of ketones is 1. The van der Waals surface area contributed by atoms with Gasteiger partial charge in [-0.1, -0.05) is 6.07 Å². The molecule has 0 bridgehead atoms. The third-order valence-electron chi connectivity index (χ3n) is 5.96. The maximum absolute atomic E-state index is 12.7. The normalized spacial score (nSPS) is 10.6. The van der Waals surface area contributed by atoms with Crippen LogP contribution in [-0.2, 0) is 4.79 Å². The highest BCUT2D eigenvalue weighted by atomic mass is 16.3. The second-order valence-electron chi connectivity index (χ2n) is 8.57. The number of benzene rings is 3. The second kappa shape index (κ2) is 10.3. The Kier molecular flexibility index (Phi) is 6.96. The third-order valence-corrected chi connectivity index (χ3v) is 5.96. The zero-order chi connectivity index (χ0) is 25.8. The Morgan fingerprint density at radius 3 is 2.00 bits per heavy atom. The van der Waals surface area contributed by atoms with E-state index in [1.807, 2.05) is 39.8 Å². The van der Waals surface area contributed by atoms with Crippen LogP contribution < -0.4 is 16.0 Å². The van der Waals surface area contributed by atoms with Crippen molar-refractivity contribution >= 4 is 34.8 Å². The zero-order valence-electron chi connectivity index (χ0n) is 20.4. The van der Waals surface area contributed by atoms with E-state index in [9.17, 15) is 14.4 Å². The lowest BCUT2D eigenvalue weighted by Gasteiger charge is -2.11. The number of carbonyl (C=O) groups excluding carboxylic acids is 3. The summed E-state index contributed by atoms with van der Waals surface area (Å²) in [4.78, 5) is 41.7. The van der Waals surface area contributed by atoms with Crippen LogP contribution in [0.2, 0.25) is 0 Å². The standard InChI is InChI=1S/C28H26N4O4/c1-16-10-20(11-17(2)19(16)4)26(33)27(34)30-21-6-5-7-22(13-21)31-28(35)32-23-8-9-24(18(3)12-23)25-14-29-15-36-25/h5-15H,1-4H3,(H,30,34)(H2,31,32,35). The van der Waals surface area contributed by atoms with E-state index in [1.54, 1.807) is 48.7 Å². The summed E-state index contributed by atoms with van der Waals surface area (Å²) < 4.78 is 5.33. The minimum absolute atomic E-state index is 0.339. The van der Waals surface area contributed by atoms with Crippen LogP contribution in [0, 0.1) is 27.7 Å². The molecule has 0 aliphatic heterocycles. The fourth-order valence-corrected chi connectivity index (χ4v) is 3.82. The van der Waals surface area contributed by atoms with Crippen LogP contribution in [-0.4, -0.2) is 22.7 Å². The van der Waals surface area contributed by atoms with Gasteiger partial charge in [0, 0.05) is 28.2 Å². The van der Waals surface area contributed by atoms with Crippen molar-refractivity contribution in [3.63, 3.8) is 0 Å². The molecule has 1 heterocycles. The van der Waals surface area contributed by atoms with Crippen LogP contribution in [0.5, 0.6) is 0 Å². The lowest BCUT2D eigenvalue weighted by atomic mass is 9.98. The number of aryl methyl sites for hydroxylation is 3. The van der Waals surface area contributed by atoms with E-state index in [-0.39, 0.29) is 0 Å². The van der Waals surface area contributed by atoms with Gasteiger partial charge in [0.2, 0.25) is 0 Å². The Bertz CT molecular complexity index is 1440. The van der Waals surface area contributed by atoms with Crippen LogP contribution in [0.25, 0.3) is 11.3 Å². The van der Waals surface area contributed by atoms with Crippen molar-refractivity contribution in [3.8, 4) is 11.3 Å². The fraction of sp³-hybridized carbons (Fsp3) is 0.143. The highest BCUT2D eigenvalue weighted by molar-refractivity contribution is 6.46. The molecule has 182 valence electrons. The van der Waals surface area contributed by atoms with E-state index in [2.05, 4.69) is 20.9 Å². The molecule has 0 aliphatic carbocycles. The smallest absolute Gasteiger partial charge is 0.323 e. The highest BCUT2D eigenvalue weighted by Gasteiger charge is 2.18. The van der Waals surface area contributed by atoms with Gasteiger partial charge in [-0.2, -0.15) is 0 Å². The molecule has 0 radical (unpaired) electrons. The molecule has 4 rings (SSSR count). The Hall–Kier alpha value is -4.72. The van der Waals surface area contributed by atoms with Crippen LogP contribution in [0.15, 0.2) is 71.6 Å². The van der Waals surface area contributed by atoms with Gasteiger partial charge in [-0.3, -0.25) is 9.59 Å². The van der Waals surface area contributed by atoms with Crippen molar-refractivity contribution in [1.82, 2.24) is 4.98 Å². The van der Waals surface area contributed by atoms with Gasteiger partial charge in [0.1, 0.15) is 0 Å². The first kappa shape index (κ1) is 24.4. The first-order valence-corrected chi connectivity index (χ1v) is 11.3. The number of hydrogen-bond acceptors (Lipinski definition) is 5. The van der Waals surface area contributed by atoms with Gasteiger partial charge >= 0.3 is 6.03 Å². The highest BCUT2D eigenvalue weighted by Crippen LogP contribution is 2.26. The molecule has 8 heteroatoms. The number of rotatable bonds is 6. The van der Waals surface area contributed by atoms with Crippen LogP contribution in [0.3, 0.4) is 0 Å². The molecular formula is C28H26N4O4. The van der Waals surface area contributed by atoms with Crippen LogP contribution in [0.1, 0.15) is 32.6 Å². The summed E-state index contributed by atoms with van der Waals surface area (Å²) in [6.07, 6.45) is 3.00. The number of Topliss-reactive ketones (excluding diaryl/α,β-unsaturated/α-hetero) is 1. The van der Waals surface area contributed by atoms with Gasteiger partial charge in [-0.25, -0.2) is 9.78 Å².